The number of H-pyrrole nitrogens is 1. The Balaban J connectivity index is 1.88. The van der Waals surface area contributed by atoms with Crippen molar-refractivity contribution in [1.82, 2.24) is 30.1 Å². The van der Waals surface area contributed by atoms with Crippen LogP contribution in [-0.4, -0.2) is 55.9 Å². The van der Waals surface area contributed by atoms with Crippen LogP contribution < -0.4 is 10.6 Å². The van der Waals surface area contributed by atoms with Gasteiger partial charge in [-0.05, 0) is 13.0 Å². The van der Waals surface area contributed by atoms with E-state index in [0.29, 0.717) is 37.1 Å². The minimum atomic E-state index is -2.75. The maximum Gasteiger partial charge on any atom is 0.264 e. The van der Waals surface area contributed by atoms with Crippen molar-refractivity contribution in [2.24, 2.45) is 0 Å². The van der Waals surface area contributed by atoms with Gasteiger partial charge in [-0.3, -0.25) is 5.10 Å². The van der Waals surface area contributed by atoms with Crippen LogP contribution in [0.25, 0.3) is 22.8 Å². The molecule has 1 aliphatic rings. The molecule has 0 unspecified atom stereocenters. The molecule has 0 aromatic carbocycles. The van der Waals surface area contributed by atoms with Crippen LogP contribution in [0.5, 0.6) is 0 Å². The smallest absolute Gasteiger partial charge is 0.264 e. The van der Waals surface area contributed by atoms with Gasteiger partial charge in [-0.2, -0.15) is 15.1 Å². The van der Waals surface area contributed by atoms with Crippen molar-refractivity contribution in [2.45, 2.75) is 19.4 Å². The van der Waals surface area contributed by atoms with Crippen LogP contribution in [0.3, 0.4) is 0 Å². The van der Waals surface area contributed by atoms with Gasteiger partial charge in [-0.15, -0.1) is 0 Å². The summed E-state index contributed by atoms with van der Waals surface area (Å²) >= 11 is 0. The van der Waals surface area contributed by atoms with Gasteiger partial charge in [0.1, 0.15) is 5.82 Å². The van der Waals surface area contributed by atoms with E-state index in [1.165, 1.54) is 6.20 Å². The SMILES string of the molecule is C[C@@H]1COCCN1c1nc(-c2cn[nH]c2)nc(-c2cnc(N)cc2C(F)F)n1. The maximum atomic E-state index is 13.6. The zero-order chi connectivity index (χ0) is 19.7. The summed E-state index contributed by atoms with van der Waals surface area (Å²) in [5.74, 6) is 0.811. The van der Waals surface area contributed by atoms with E-state index in [-0.39, 0.29) is 28.8 Å². The van der Waals surface area contributed by atoms with Crippen LogP contribution in [-0.2, 0) is 4.74 Å². The highest BCUT2D eigenvalue weighted by atomic mass is 19.3. The number of aromatic nitrogens is 6. The minimum absolute atomic E-state index is 0.00480. The summed E-state index contributed by atoms with van der Waals surface area (Å²) in [4.78, 5) is 19.3. The Kier molecular flexibility index (Phi) is 4.82. The van der Waals surface area contributed by atoms with Gasteiger partial charge in [0.15, 0.2) is 11.6 Å². The first-order chi connectivity index (χ1) is 13.5. The lowest BCUT2D eigenvalue weighted by Gasteiger charge is -2.33. The van der Waals surface area contributed by atoms with E-state index in [9.17, 15) is 8.78 Å². The van der Waals surface area contributed by atoms with E-state index in [2.05, 4.69) is 30.1 Å². The summed E-state index contributed by atoms with van der Waals surface area (Å²) in [5.41, 5.74) is 6.03. The van der Waals surface area contributed by atoms with Crippen molar-refractivity contribution in [3.05, 3.63) is 30.2 Å². The molecule has 3 aromatic heterocycles. The van der Waals surface area contributed by atoms with E-state index in [4.69, 9.17) is 10.5 Å². The summed E-state index contributed by atoms with van der Waals surface area (Å²) < 4.78 is 32.6. The number of nitrogen functional groups attached to an aromatic ring is 1. The fraction of sp³-hybridized carbons (Fsp3) is 0.353. The second-order valence-corrected chi connectivity index (χ2v) is 6.38. The van der Waals surface area contributed by atoms with Gasteiger partial charge in [0, 0.05) is 30.1 Å². The van der Waals surface area contributed by atoms with E-state index >= 15 is 0 Å². The van der Waals surface area contributed by atoms with Crippen molar-refractivity contribution in [1.29, 1.82) is 0 Å². The highest BCUT2D eigenvalue weighted by Gasteiger charge is 2.25. The number of ether oxygens (including phenoxy) is 1. The number of morpholine rings is 1. The number of hydrogen-bond acceptors (Lipinski definition) is 8. The standard InChI is InChI=1S/C17H18F2N8O/c1-9-8-28-3-2-27(9)17-25-15(10-5-22-23-6-10)24-16(26-17)12-7-21-13(20)4-11(12)14(18)19/h4-7,9,14H,2-3,8H2,1H3,(H2,20,21)(H,22,23)/t9-/m1/s1. The van der Waals surface area contributed by atoms with Crippen LogP contribution in [0.15, 0.2) is 24.7 Å². The quantitative estimate of drug-likeness (QED) is 0.697. The number of alkyl halides is 2. The third-order valence-electron chi connectivity index (χ3n) is 4.44. The Labute approximate surface area is 159 Å². The highest BCUT2D eigenvalue weighted by molar-refractivity contribution is 5.66. The fourth-order valence-electron chi connectivity index (χ4n) is 3.00. The molecule has 4 heterocycles. The molecule has 9 nitrogen and oxygen atoms in total. The van der Waals surface area contributed by atoms with Crippen LogP contribution >= 0.6 is 0 Å². The number of halogens is 2. The lowest BCUT2D eigenvalue weighted by atomic mass is 10.1. The topological polar surface area (TPSA) is 119 Å². The fourth-order valence-corrected chi connectivity index (χ4v) is 3.00. The molecular formula is C17H18F2N8O. The molecule has 3 N–H and O–H groups in total. The first kappa shape index (κ1) is 18.2. The van der Waals surface area contributed by atoms with Gasteiger partial charge in [0.2, 0.25) is 5.95 Å². The van der Waals surface area contributed by atoms with Crippen molar-refractivity contribution >= 4 is 11.8 Å². The van der Waals surface area contributed by atoms with Crippen molar-refractivity contribution in [3.63, 3.8) is 0 Å². The number of aromatic amines is 1. The van der Waals surface area contributed by atoms with E-state index in [1.54, 1.807) is 12.4 Å². The van der Waals surface area contributed by atoms with Gasteiger partial charge in [0.25, 0.3) is 6.43 Å². The molecular weight excluding hydrogens is 370 g/mol. The first-order valence-corrected chi connectivity index (χ1v) is 8.66. The molecule has 0 saturated carbocycles. The Morgan fingerprint density at radius 1 is 1.25 bits per heavy atom. The third-order valence-corrected chi connectivity index (χ3v) is 4.44. The Hall–Kier alpha value is -3.21. The molecule has 1 saturated heterocycles. The molecule has 11 heteroatoms. The summed E-state index contributed by atoms with van der Waals surface area (Å²) in [6.45, 7) is 3.61. The van der Waals surface area contributed by atoms with Gasteiger partial charge >= 0.3 is 0 Å². The van der Waals surface area contributed by atoms with Gasteiger partial charge in [0.05, 0.1) is 31.0 Å². The molecule has 0 aliphatic carbocycles. The van der Waals surface area contributed by atoms with Crippen LogP contribution in [0.1, 0.15) is 18.9 Å². The molecule has 0 radical (unpaired) electrons. The normalized spacial score (nSPS) is 17.3. The largest absolute Gasteiger partial charge is 0.384 e. The predicted octanol–water partition coefficient (Wildman–Crippen LogP) is 2.07. The van der Waals surface area contributed by atoms with Gasteiger partial charge in [-0.25, -0.2) is 18.7 Å². The number of hydrogen-bond donors (Lipinski definition) is 2. The van der Waals surface area contributed by atoms with Crippen molar-refractivity contribution in [3.8, 4) is 22.8 Å². The third kappa shape index (κ3) is 3.48. The zero-order valence-corrected chi connectivity index (χ0v) is 15.0. The molecule has 3 aromatic rings. The van der Waals surface area contributed by atoms with Crippen molar-refractivity contribution < 1.29 is 13.5 Å². The van der Waals surface area contributed by atoms with E-state index < -0.39 is 6.43 Å². The lowest BCUT2D eigenvalue weighted by Crippen LogP contribution is -2.44. The van der Waals surface area contributed by atoms with Gasteiger partial charge < -0.3 is 15.4 Å². The molecule has 1 atom stereocenters. The number of nitrogens with zero attached hydrogens (tertiary/aromatic N) is 6. The molecule has 4 rings (SSSR count). The minimum Gasteiger partial charge on any atom is -0.384 e. The average Bonchev–Trinajstić information content (AvgIpc) is 3.23. The Bertz CT molecular complexity index is 966. The molecule has 0 spiro atoms. The summed E-state index contributed by atoms with van der Waals surface area (Å²) in [6.07, 6.45) is 1.69. The second-order valence-electron chi connectivity index (χ2n) is 6.38. The molecule has 1 aliphatic heterocycles. The van der Waals surface area contributed by atoms with Crippen LogP contribution in [0.4, 0.5) is 20.5 Å². The summed E-state index contributed by atoms with van der Waals surface area (Å²) in [7, 11) is 0. The zero-order valence-electron chi connectivity index (χ0n) is 15.0. The number of rotatable bonds is 4. The first-order valence-electron chi connectivity index (χ1n) is 8.66. The second kappa shape index (κ2) is 7.43. The van der Waals surface area contributed by atoms with E-state index in [0.717, 1.165) is 6.07 Å². The molecule has 0 bridgehead atoms. The van der Waals surface area contributed by atoms with Crippen LogP contribution in [0.2, 0.25) is 0 Å². The Morgan fingerprint density at radius 3 is 2.79 bits per heavy atom. The van der Waals surface area contributed by atoms with E-state index in [1.807, 2.05) is 11.8 Å². The summed E-state index contributed by atoms with van der Waals surface area (Å²) in [6, 6.07) is 1.17. The Morgan fingerprint density at radius 2 is 2.07 bits per heavy atom. The lowest BCUT2D eigenvalue weighted by molar-refractivity contribution is 0.0981. The van der Waals surface area contributed by atoms with Crippen LogP contribution in [0, 0.1) is 0 Å². The predicted molar refractivity (Wildman–Crippen MR) is 97.6 cm³/mol. The monoisotopic (exact) mass is 388 g/mol. The average molecular weight is 388 g/mol. The van der Waals surface area contributed by atoms with Crippen molar-refractivity contribution in [2.75, 3.05) is 30.4 Å². The number of pyridine rings is 1. The number of nitrogens with two attached hydrogens (primary N) is 1. The number of nitrogens with one attached hydrogen (secondary N) is 1. The highest BCUT2D eigenvalue weighted by Crippen LogP contribution is 2.32. The maximum absolute atomic E-state index is 13.6. The number of anilines is 2. The molecule has 0 amide bonds. The molecule has 28 heavy (non-hydrogen) atoms. The molecule has 1 fully saturated rings. The van der Waals surface area contributed by atoms with Gasteiger partial charge in [-0.1, -0.05) is 0 Å². The molecule has 146 valence electrons. The summed E-state index contributed by atoms with van der Waals surface area (Å²) in [5, 5.41) is 6.61.